The van der Waals surface area contributed by atoms with Gasteiger partial charge in [-0.3, -0.25) is 9.78 Å². The fraction of sp³-hybridized carbons (Fsp3) is 0.455. The second kappa shape index (κ2) is 10.2. The summed E-state index contributed by atoms with van der Waals surface area (Å²) < 4.78 is 18.8. The van der Waals surface area contributed by atoms with E-state index in [0.717, 1.165) is 51.0 Å². The summed E-state index contributed by atoms with van der Waals surface area (Å²) in [4.78, 5) is 20.4. The summed E-state index contributed by atoms with van der Waals surface area (Å²) in [5, 5.41) is 0. The summed E-state index contributed by atoms with van der Waals surface area (Å²) in [5.41, 5.74) is 1.04. The summed E-state index contributed by atoms with van der Waals surface area (Å²) in [6.07, 6.45) is 6.29. The number of carbonyl (C=O) groups excluding carboxylic acids is 1. The van der Waals surface area contributed by atoms with Crippen molar-refractivity contribution in [1.82, 2.24) is 14.8 Å². The number of pyridine rings is 1. The van der Waals surface area contributed by atoms with Gasteiger partial charge >= 0.3 is 0 Å². The van der Waals surface area contributed by atoms with E-state index in [-0.39, 0.29) is 18.3 Å². The minimum Gasteiger partial charge on any atom is -0.482 e. The molecule has 0 spiro atoms. The number of hydrogen-bond donors (Lipinski definition) is 0. The highest BCUT2D eigenvalue weighted by atomic mass is 19.1. The molecule has 6 heteroatoms. The lowest BCUT2D eigenvalue weighted by Gasteiger charge is -2.33. The zero-order valence-electron chi connectivity index (χ0n) is 16.4. The Bertz CT molecular complexity index is 748. The van der Waals surface area contributed by atoms with Crippen molar-refractivity contribution in [3.63, 3.8) is 0 Å². The molecule has 1 fully saturated rings. The highest BCUT2D eigenvalue weighted by molar-refractivity contribution is 5.77. The molecule has 1 aliphatic heterocycles. The second-order valence-electron chi connectivity index (χ2n) is 7.42. The molecule has 0 radical (unpaired) electrons. The van der Waals surface area contributed by atoms with Crippen LogP contribution >= 0.6 is 0 Å². The largest absolute Gasteiger partial charge is 0.482 e. The number of nitrogens with zero attached hydrogens (tertiary/aromatic N) is 3. The van der Waals surface area contributed by atoms with Crippen LogP contribution < -0.4 is 4.74 Å². The van der Waals surface area contributed by atoms with Gasteiger partial charge in [-0.05, 0) is 68.1 Å². The molecule has 1 saturated heterocycles. The normalized spacial score (nSPS) is 15.4. The number of hydrogen-bond acceptors (Lipinski definition) is 4. The molecule has 0 N–H and O–H groups in total. The van der Waals surface area contributed by atoms with E-state index >= 15 is 0 Å². The van der Waals surface area contributed by atoms with Gasteiger partial charge in [0, 0.05) is 26.3 Å². The second-order valence-corrected chi connectivity index (χ2v) is 7.42. The standard InChI is InChI=1S/C22H28FN3O2/c1-25(22(27)17-28-21-6-3-10-24-15-21)16-19-8-12-26(13-9-19)11-7-18-4-2-5-20(23)14-18/h2-6,10,14-15,19H,7-9,11-13,16-17H2,1H3. The van der Waals surface area contributed by atoms with E-state index in [2.05, 4.69) is 9.88 Å². The lowest BCUT2D eigenvalue weighted by atomic mass is 9.96. The maximum atomic E-state index is 13.3. The van der Waals surface area contributed by atoms with Crippen molar-refractivity contribution in [3.05, 3.63) is 60.2 Å². The highest BCUT2D eigenvalue weighted by Crippen LogP contribution is 2.19. The van der Waals surface area contributed by atoms with Gasteiger partial charge in [0.25, 0.3) is 5.91 Å². The summed E-state index contributed by atoms with van der Waals surface area (Å²) in [7, 11) is 1.84. The number of likely N-dealkylation sites (N-methyl/N-ethyl adjacent to an activating group) is 1. The zero-order chi connectivity index (χ0) is 19.8. The predicted molar refractivity (Wildman–Crippen MR) is 107 cm³/mol. The number of likely N-dealkylation sites (tertiary alicyclic amines) is 1. The van der Waals surface area contributed by atoms with Crippen LogP contribution in [0.4, 0.5) is 4.39 Å². The van der Waals surface area contributed by atoms with Gasteiger partial charge in [0.15, 0.2) is 6.61 Å². The molecule has 0 saturated carbocycles. The van der Waals surface area contributed by atoms with Crippen molar-refractivity contribution in [2.45, 2.75) is 19.3 Å². The third-order valence-corrected chi connectivity index (χ3v) is 5.27. The van der Waals surface area contributed by atoms with Crippen LogP contribution in [0.25, 0.3) is 0 Å². The molecule has 2 aromatic rings. The fourth-order valence-corrected chi connectivity index (χ4v) is 3.55. The molecule has 1 aromatic carbocycles. The Morgan fingerprint density at radius 3 is 2.82 bits per heavy atom. The van der Waals surface area contributed by atoms with Gasteiger partial charge in [-0.2, -0.15) is 0 Å². The Morgan fingerprint density at radius 1 is 1.29 bits per heavy atom. The fourth-order valence-electron chi connectivity index (χ4n) is 3.55. The number of benzene rings is 1. The van der Waals surface area contributed by atoms with Gasteiger partial charge in [0.1, 0.15) is 11.6 Å². The molecule has 2 heterocycles. The summed E-state index contributed by atoms with van der Waals surface area (Å²) in [5.74, 6) is 0.933. The molecular weight excluding hydrogens is 357 g/mol. The maximum absolute atomic E-state index is 13.3. The van der Waals surface area contributed by atoms with Gasteiger partial charge < -0.3 is 14.5 Å². The van der Waals surface area contributed by atoms with Gasteiger partial charge in [0.2, 0.25) is 0 Å². The third-order valence-electron chi connectivity index (χ3n) is 5.27. The van der Waals surface area contributed by atoms with Crippen molar-refractivity contribution in [3.8, 4) is 5.75 Å². The Morgan fingerprint density at radius 2 is 2.11 bits per heavy atom. The Hall–Kier alpha value is -2.47. The Balaban J connectivity index is 1.34. The Labute approximate surface area is 166 Å². The molecule has 5 nitrogen and oxygen atoms in total. The molecule has 0 atom stereocenters. The average molecular weight is 385 g/mol. The molecule has 0 aliphatic carbocycles. The summed E-state index contributed by atoms with van der Waals surface area (Å²) in [6.45, 7) is 3.79. The molecule has 0 unspecified atom stereocenters. The van der Waals surface area contributed by atoms with Crippen molar-refractivity contribution < 1.29 is 13.9 Å². The van der Waals surface area contributed by atoms with E-state index in [1.165, 1.54) is 6.07 Å². The number of piperidine rings is 1. The van der Waals surface area contributed by atoms with E-state index in [0.29, 0.717) is 11.7 Å². The van der Waals surface area contributed by atoms with Crippen molar-refractivity contribution in [2.75, 3.05) is 39.8 Å². The topological polar surface area (TPSA) is 45.7 Å². The molecule has 3 rings (SSSR count). The van der Waals surface area contributed by atoms with Crippen LogP contribution in [0.1, 0.15) is 18.4 Å². The van der Waals surface area contributed by atoms with Gasteiger partial charge in [-0.1, -0.05) is 12.1 Å². The Kier molecular flexibility index (Phi) is 7.37. The van der Waals surface area contributed by atoms with E-state index < -0.39 is 0 Å². The summed E-state index contributed by atoms with van der Waals surface area (Å²) >= 11 is 0. The van der Waals surface area contributed by atoms with Gasteiger partial charge in [-0.15, -0.1) is 0 Å². The van der Waals surface area contributed by atoms with E-state index in [4.69, 9.17) is 4.74 Å². The molecule has 1 aliphatic rings. The average Bonchev–Trinajstić information content (AvgIpc) is 2.72. The summed E-state index contributed by atoms with van der Waals surface area (Å²) in [6, 6.07) is 10.4. The highest BCUT2D eigenvalue weighted by Gasteiger charge is 2.22. The number of rotatable bonds is 8. The van der Waals surface area contributed by atoms with Crippen LogP contribution in [0, 0.1) is 11.7 Å². The van der Waals surface area contributed by atoms with Crippen molar-refractivity contribution in [2.24, 2.45) is 5.92 Å². The first-order valence-electron chi connectivity index (χ1n) is 9.84. The monoisotopic (exact) mass is 385 g/mol. The molecule has 150 valence electrons. The maximum Gasteiger partial charge on any atom is 0.260 e. The van der Waals surface area contributed by atoms with E-state index in [9.17, 15) is 9.18 Å². The van der Waals surface area contributed by atoms with Crippen LogP contribution in [0.3, 0.4) is 0 Å². The van der Waals surface area contributed by atoms with Crippen LogP contribution in [0.2, 0.25) is 0 Å². The molecule has 28 heavy (non-hydrogen) atoms. The third kappa shape index (κ3) is 6.30. The number of ether oxygens (including phenoxy) is 1. The first kappa shape index (κ1) is 20.3. The SMILES string of the molecule is CN(CC1CCN(CCc2cccc(F)c2)CC1)C(=O)COc1cccnc1. The molecule has 1 aromatic heterocycles. The van der Waals surface area contributed by atoms with Gasteiger partial charge in [0.05, 0.1) is 6.20 Å². The smallest absolute Gasteiger partial charge is 0.260 e. The number of carbonyl (C=O) groups is 1. The molecular formula is C22H28FN3O2. The molecule has 0 bridgehead atoms. The lowest BCUT2D eigenvalue weighted by molar-refractivity contribution is -0.132. The van der Waals surface area contributed by atoms with Crippen molar-refractivity contribution in [1.29, 1.82) is 0 Å². The number of halogens is 1. The zero-order valence-corrected chi connectivity index (χ0v) is 16.4. The minimum atomic E-state index is -0.170. The first-order chi connectivity index (χ1) is 13.6. The lowest BCUT2D eigenvalue weighted by Crippen LogP contribution is -2.41. The van der Waals surface area contributed by atoms with Crippen LogP contribution in [0.15, 0.2) is 48.8 Å². The quantitative estimate of drug-likeness (QED) is 0.701. The first-order valence-corrected chi connectivity index (χ1v) is 9.84. The van der Waals surface area contributed by atoms with E-state index in [1.807, 2.05) is 13.1 Å². The number of amides is 1. The van der Waals surface area contributed by atoms with Crippen molar-refractivity contribution >= 4 is 5.91 Å². The number of aromatic nitrogens is 1. The minimum absolute atomic E-state index is 0.0163. The molecule has 1 amide bonds. The van der Waals surface area contributed by atoms with Crippen LogP contribution in [-0.2, 0) is 11.2 Å². The van der Waals surface area contributed by atoms with Crippen LogP contribution in [-0.4, -0.2) is 60.5 Å². The predicted octanol–water partition coefficient (Wildman–Crippen LogP) is 3.01. The van der Waals surface area contributed by atoms with Gasteiger partial charge in [-0.25, -0.2) is 4.39 Å². The van der Waals surface area contributed by atoms with E-state index in [1.54, 1.807) is 41.6 Å². The van der Waals surface area contributed by atoms with Crippen LogP contribution in [0.5, 0.6) is 5.75 Å².